The molecule has 5 N–H and O–H groups in total. The molecule has 0 radical (unpaired) electrons. The van der Waals surface area contributed by atoms with Gasteiger partial charge < -0.3 is 36.1 Å². The molecule has 4 amide bonds. The number of nitrogens with two attached hydrogens (primary N) is 1. The van der Waals surface area contributed by atoms with Crippen LogP contribution in [0.3, 0.4) is 0 Å². The average molecular weight is 625 g/mol. The third kappa shape index (κ3) is 9.45. The van der Waals surface area contributed by atoms with Crippen LogP contribution in [-0.4, -0.2) is 77.7 Å². The third-order valence-corrected chi connectivity index (χ3v) is 7.60. The van der Waals surface area contributed by atoms with E-state index in [1.807, 2.05) is 31.2 Å². The first kappa shape index (κ1) is 31.8. The molecule has 2 fully saturated rings. The molecule has 40 heavy (non-hydrogen) atoms. The van der Waals surface area contributed by atoms with E-state index in [2.05, 4.69) is 31.9 Å². The largest absolute Gasteiger partial charge is 0.444 e. The van der Waals surface area contributed by atoms with Gasteiger partial charge in [0.15, 0.2) is 0 Å². The minimum Gasteiger partial charge on any atom is -0.444 e. The van der Waals surface area contributed by atoms with Gasteiger partial charge in [-0.3, -0.25) is 14.4 Å². The van der Waals surface area contributed by atoms with Gasteiger partial charge in [-0.05, 0) is 77.6 Å². The second-order valence-corrected chi connectivity index (χ2v) is 12.4. The molecule has 0 aliphatic carbocycles. The molecule has 0 unspecified atom stereocenters. The molecule has 2 saturated heterocycles. The maximum Gasteiger partial charge on any atom is 0.408 e. The minimum atomic E-state index is -0.870. The fourth-order valence-electron chi connectivity index (χ4n) is 5.03. The van der Waals surface area contributed by atoms with Crippen LogP contribution in [-0.2, 0) is 30.5 Å². The average Bonchev–Trinajstić information content (AvgIpc) is 3.28. The van der Waals surface area contributed by atoms with Gasteiger partial charge in [-0.15, -0.1) is 0 Å². The van der Waals surface area contributed by atoms with Gasteiger partial charge in [0, 0.05) is 23.5 Å². The molecule has 3 rings (SSSR count). The standard InChI is InChI=1S/C28H42BrN5O6/c1-17(39-16-18-5-7-19(29)8-6-18)21(10-12-24(30)35)32-25(36)23-11-9-20-13-14-31-15-22(26(37)34(20)23)33-27(38)40-28(2,3)4/h5-8,17,20-23,31H,9-16H2,1-4H3,(H2,30,35)(H,32,36)(H,33,38)/t17-,20-,21+,22+,23+/m1/s1. The third-order valence-electron chi connectivity index (χ3n) is 7.07. The van der Waals surface area contributed by atoms with E-state index in [-0.39, 0.29) is 30.8 Å². The molecule has 1 aromatic rings. The van der Waals surface area contributed by atoms with Crippen molar-refractivity contribution in [2.75, 3.05) is 13.1 Å². The zero-order valence-electron chi connectivity index (χ0n) is 23.7. The van der Waals surface area contributed by atoms with Crippen molar-refractivity contribution in [3.8, 4) is 0 Å². The number of rotatable bonds is 10. The van der Waals surface area contributed by atoms with Crippen LogP contribution in [0.25, 0.3) is 0 Å². The van der Waals surface area contributed by atoms with Crippen LogP contribution in [0, 0.1) is 0 Å². The number of nitrogens with zero attached hydrogens (tertiary/aromatic N) is 1. The molecule has 0 aromatic heterocycles. The number of halogens is 1. The Morgan fingerprint density at radius 3 is 2.52 bits per heavy atom. The lowest BCUT2D eigenvalue weighted by Crippen LogP contribution is -2.61. The Bertz CT molecular complexity index is 1050. The minimum absolute atomic E-state index is 0.0837. The van der Waals surface area contributed by atoms with E-state index < -0.39 is 41.8 Å². The van der Waals surface area contributed by atoms with Crippen molar-refractivity contribution in [3.63, 3.8) is 0 Å². The van der Waals surface area contributed by atoms with Crippen LogP contribution >= 0.6 is 15.9 Å². The Hall–Kier alpha value is -2.70. The number of primary amides is 1. The van der Waals surface area contributed by atoms with Crippen molar-refractivity contribution in [2.45, 2.75) is 102 Å². The summed E-state index contributed by atoms with van der Waals surface area (Å²) in [7, 11) is 0. The number of amides is 4. The van der Waals surface area contributed by atoms with E-state index in [9.17, 15) is 19.2 Å². The van der Waals surface area contributed by atoms with E-state index in [1.54, 1.807) is 25.7 Å². The normalized spacial score (nSPS) is 22.9. The van der Waals surface area contributed by atoms with E-state index >= 15 is 0 Å². The highest BCUT2D eigenvalue weighted by Gasteiger charge is 2.44. The van der Waals surface area contributed by atoms with Crippen molar-refractivity contribution < 1.29 is 28.7 Å². The first-order valence-corrected chi connectivity index (χ1v) is 14.6. The Morgan fingerprint density at radius 2 is 1.88 bits per heavy atom. The Kier molecular flexibility index (Phi) is 11.4. The lowest BCUT2D eigenvalue weighted by atomic mass is 10.0. The van der Waals surface area contributed by atoms with Crippen molar-refractivity contribution in [1.29, 1.82) is 0 Å². The quantitative estimate of drug-likeness (QED) is 0.312. The van der Waals surface area contributed by atoms with E-state index in [0.29, 0.717) is 38.8 Å². The summed E-state index contributed by atoms with van der Waals surface area (Å²) in [6.07, 6.45) is 1.16. The molecule has 11 nitrogen and oxygen atoms in total. The van der Waals surface area contributed by atoms with Crippen LogP contribution < -0.4 is 21.7 Å². The summed E-state index contributed by atoms with van der Waals surface area (Å²) < 4.78 is 12.4. The molecule has 0 bridgehead atoms. The smallest absolute Gasteiger partial charge is 0.408 e. The summed E-state index contributed by atoms with van der Waals surface area (Å²) in [6, 6.07) is 5.54. The van der Waals surface area contributed by atoms with Crippen molar-refractivity contribution in [3.05, 3.63) is 34.3 Å². The topological polar surface area (TPSA) is 152 Å². The van der Waals surface area contributed by atoms with Gasteiger partial charge in [0.2, 0.25) is 17.7 Å². The summed E-state index contributed by atoms with van der Waals surface area (Å²) in [5, 5.41) is 8.92. The van der Waals surface area contributed by atoms with Crippen LogP contribution in [0.2, 0.25) is 0 Å². The molecule has 12 heteroatoms. The second kappa shape index (κ2) is 14.3. The molecule has 1 aromatic carbocycles. The lowest BCUT2D eigenvalue weighted by molar-refractivity contribution is -0.143. The zero-order valence-corrected chi connectivity index (χ0v) is 25.3. The number of ether oxygens (including phenoxy) is 2. The first-order valence-electron chi connectivity index (χ1n) is 13.8. The molecule has 0 spiro atoms. The number of nitrogens with one attached hydrogen (secondary N) is 3. The van der Waals surface area contributed by atoms with Crippen molar-refractivity contribution >= 4 is 39.7 Å². The summed E-state index contributed by atoms with van der Waals surface area (Å²) >= 11 is 3.42. The SMILES string of the molecule is C[C@@H](OCc1ccc(Br)cc1)[C@H](CCC(N)=O)NC(=O)[C@@H]1CC[C@@H]2CCNC[C@H](NC(=O)OC(C)(C)C)C(=O)N21. The van der Waals surface area contributed by atoms with E-state index in [4.69, 9.17) is 15.2 Å². The number of hydrogen-bond donors (Lipinski definition) is 4. The number of carbonyl (C=O) groups excluding carboxylic acids is 4. The number of carbonyl (C=O) groups is 4. The molecular formula is C28H42BrN5O6. The summed E-state index contributed by atoms with van der Waals surface area (Å²) in [6.45, 7) is 8.31. The Labute approximate surface area is 244 Å². The van der Waals surface area contributed by atoms with Gasteiger partial charge in [0.1, 0.15) is 17.7 Å². The van der Waals surface area contributed by atoms with Crippen LogP contribution in [0.15, 0.2) is 28.7 Å². The Balaban J connectivity index is 1.70. The fourth-order valence-corrected chi connectivity index (χ4v) is 5.29. The number of alkyl carbamates (subject to hydrolysis) is 1. The number of benzene rings is 1. The van der Waals surface area contributed by atoms with Gasteiger partial charge in [-0.2, -0.15) is 0 Å². The van der Waals surface area contributed by atoms with Crippen molar-refractivity contribution in [2.24, 2.45) is 5.73 Å². The van der Waals surface area contributed by atoms with Crippen molar-refractivity contribution in [1.82, 2.24) is 20.9 Å². The summed E-state index contributed by atoms with van der Waals surface area (Å²) in [4.78, 5) is 52.9. The van der Waals surface area contributed by atoms with Gasteiger partial charge in [0.25, 0.3) is 0 Å². The second-order valence-electron chi connectivity index (χ2n) is 11.4. The molecular weight excluding hydrogens is 582 g/mol. The maximum atomic E-state index is 13.7. The summed E-state index contributed by atoms with van der Waals surface area (Å²) in [5.41, 5.74) is 5.66. The fraction of sp³-hybridized carbons (Fsp3) is 0.643. The van der Waals surface area contributed by atoms with E-state index in [1.165, 1.54) is 0 Å². The molecule has 2 aliphatic rings. The van der Waals surface area contributed by atoms with Crippen LogP contribution in [0.5, 0.6) is 0 Å². The highest BCUT2D eigenvalue weighted by Crippen LogP contribution is 2.29. The molecule has 5 atom stereocenters. The zero-order chi connectivity index (χ0) is 29.4. The molecule has 2 heterocycles. The van der Waals surface area contributed by atoms with Gasteiger partial charge in [0.05, 0.1) is 18.8 Å². The maximum absolute atomic E-state index is 13.7. The van der Waals surface area contributed by atoms with Gasteiger partial charge >= 0.3 is 6.09 Å². The van der Waals surface area contributed by atoms with E-state index in [0.717, 1.165) is 10.0 Å². The van der Waals surface area contributed by atoms with Crippen LogP contribution in [0.4, 0.5) is 4.79 Å². The number of fused-ring (bicyclic) bond motifs is 1. The first-order chi connectivity index (χ1) is 18.8. The van der Waals surface area contributed by atoms with Gasteiger partial charge in [-0.25, -0.2) is 4.79 Å². The monoisotopic (exact) mass is 623 g/mol. The molecule has 0 saturated carbocycles. The predicted octanol–water partition coefficient (Wildman–Crippen LogP) is 2.35. The number of hydrogen-bond acceptors (Lipinski definition) is 7. The highest BCUT2D eigenvalue weighted by molar-refractivity contribution is 9.10. The molecule has 2 aliphatic heterocycles. The van der Waals surface area contributed by atoms with Crippen LogP contribution in [0.1, 0.15) is 65.4 Å². The predicted molar refractivity (Wildman–Crippen MR) is 153 cm³/mol. The highest BCUT2D eigenvalue weighted by atomic mass is 79.9. The lowest BCUT2D eigenvalue weighted by Gasteiger charge is -2.36. The van der Waals surface area contributed by atoms with Gasteiger partial charge in [-0.1, -0.05) is 28.1 Å². The molecule has 222 valence electrons. The Morgan fingerprint density at radius 1 is 1.18 bits per heavy atom. The summed E-state index contributed by atoms with van der Waals surface area (Å²) in [5.74, 6) is -1.11.